The van der Waals surface area contributed by atoms with Crippen molar-refractivity contribution >= 4 is 11.9 Å². The highest BCUT2D eigenvalue weighted by Gasteiger charge is 2.52. The van der Waals surface area contributed by atoms with Crippen LogP contribution < -0.4 is 12.4 Å². The second-order valence-electron chi connectivity index (χ2n) is 10.7. The third-order valence-corrected chi connectivity index (χ3v) is 7.39. The molecular formula is C26H42ClN. The number of rotatable bonds is 4. The summed E-state index contributed by atoms with van der Waals surface area (Å²) in [4.78, 5) is 0. The molecule has 1 heterocycles. The summed E-state index contributed by atoms with van der Waals surface area (Å²) in [5.74, 6) is 3.57. The molecule has 2 heteroatoms. The fourth-order valence-electron chi connectivity index (χ4n) is 6.23. The fraction of sp³-hybridized carbons (Fsp3) is 0.731. The van der Waals surface area contributed by atoms with Crippen LogP contribution >= 0.6 is 0 Å². The summed E-state index contributed by atoms with van der Waals surface area (Å²) in [5.41, 5.74) is 4.95. The van der Waals surface area contributed by atoms with E-state index in [2.05, 4.69) is 84.4 Å². The summed E-state index contributed by atoms with van der Waals surface area (Å²) >= 11 is 0. The molecule has 1 aromatic rings. The van der Waals surface area contributed by atoms with E-state index in [4.69, 9.17) is 0 Å². The Morgan fingerprint density at radius 1 is 0.893 bits per heavy atom. The maximum atomic E-state index is 2.71. The van der Waals surface area contributed by atoms with Gasteiger partial charge in [-0.05, 0) is 49.4 Å². The summed E-state index contributed by atoms with van der Waals surface area (Å²) < 4.78 is 2.71. The zero-order valence-corrected chi connectivity index (χ0v) is 20.2. The lowest BCUT2D eigenvalue weighted by atomic mass is 9.59. The van der Waals surface area contributed by atoms with Crippen molar-refractivity contribution in [3.63, 3.8) is 0 Å². The van der Waals surface area contributed by atoms with Crippen molar-refractivity contribution in [3.05, 3.63) is 29.3 Å². The minimum Gasteiger partial charge on any atom is -1.00 e. The van der Waals surface area contributed by atoms with Crippen molar-refractivity contribution in [2.45, 2.75) is 99.0 Å². The van der Waals surface area contributed by atoms with Gasteiger partial charge in [0, 0.05) is 17.5 Å². The molecule has 1 spiro atoms. The molecule has 1 fully saturated rings. The average Bonchev–Trinajstić information content (AvgIpc) is 2.89. The highest BCUT2D eigenvalue weighted by molar-refractivity contribution is 5.67. The first-order valence-electron chi connectivity index (χ1n) is 11.4. The molecule has 4 atom stereocenters. The van der Waals surface area contributed by atoms with Gasteiger partial charge >= 0.3 is 0 Å². The van der Waals surface area contributed by atoms with Crippen LogP contribution in [0.3, 0.4) is 0 Å². The highest BCUT2D eigenvalue weighted by atomic mass is 35.5. The number of hydrogen-bond acceptors (Lipinski definition) is 0. The van der Waals surface area contributed by atoms with Gasteiger partial charge in [-0.2, -0.15) is 4.58 Å². The van der Waals surface area contributed by atoms with Crippen molar-refractivity contribution in [1.82, 2.24) is 0 Å². The Hall–Kier alpha value is -0.820. The van der Waals surface area contributed by atoms with E-state index in [1.807, 2.05) is 0 Å². The van der Waals surface area contributed by atoms with Gasteiger partial charge in [-0.3, -0.25) is 0 Å². The summed E-state index contributed by atoms with van der Waals surface area (Å²) in [7, 11) is 0. The highest BCUT2D eigenvalue weighted by Crippen LogP contribution is 2.52. The van der Waals surface area contributed by atoms with Crippen molar-refractivity contribution in [1.29, 1.82) is 0 Å². The van der Waals surface area contributed by atoms with Gasteiger partial charge in [0.25, 0.3) is 0 Å². The van der Waals surface area contributed by atoms with Crippen LogP contribution in [-0.4, -0.2) is 16.8 Å². The van der Waals surface area contributed by atoms with Crippen LogP contribution in [0.5, 0.6) is 0 Å². The molecule has 1 aliphatic carbocycles. The normalized spacial score (nSPS) is 30.2. The molecule has 0 aromatic heterocycles. The molecular weight excluding hydrogens is 362 g/mol. The molecule has 0 radical (unpaired) electrons. The van der Waals surface area contributed by atoms with Gasteiger partial charge < -0.3 is 12.4 Å². The maximum Gasteiger partial charge on any atom is 0.212 e. The Morgan fingerprint density at radius 3 is 1.96 bits per heavy atom. The van der Waals surface area contributed by atoms with Gasteiger partial charge in [0.1, 0.15) is 0 Å². The average molecular weight is 404 g/mol. The number of nitrogens with zero attached hydrogens (tertiary/aromatic N) is 1. The van der Waals surface area contributed by atoms with Gasteiger partial charge in [0.05, 0.1) is 5.41 Å². The van der Waals surface area contributed by atoms with Crippen LogP contribution in [0.4, 0.5) is 5.69 Å². The Morgan fingerprint density at radius 2 is 1.46 bits per heavy atom. The van der Waals surface area contributed by atoms with Crippen LogP contribution in [0, 0.1) is 23.2 Å². The molecule has 1 aromatic carbocycles. The monoisotopic (exact) mass is 403 g/mol. The Bertz CT molecular complexity index is 676. The number of para-hydroxylation sites is 1. The standard InChI is InChI=1S/C26H42N.ClH/c1-17(2)22-10-9-11-23(18(3)4)25(22)27-16-26(15-21(27)8)14-20(7)12-13-24(26)19(5)6;/h9-11,16-21,24H,12-15H2,1-8H3;1H/q+1;/p-1/t20-,21+,24+,26?;/m1./s1. The zero-order valence-electron chi connectivity index (χ0n) is 19.4. The van der Waals surface area contributed by atoms with Crippen LogP contribution in [0.2, 0.25) is 0 Å². The molecule has 0 amide bonds. The van der Waals surface area contributed by atoms with Crippen molar-refractivity contribution in [2.24, 2.45) is 23.2 Å². The Labute approximate surface area is 180 Å². The van der Waals surface area contributed by atoms with Gasteiger partial charge in [0.2, 0.25) is 5.69 Å². The van der Waals surface area contributed by atoms with Crippen molar-refractivity contribution in [2.75, 3.05) is 0 Å². The molecule has 1 saturated carbocycles. The second-order valence-corrected chi connectivity index (χ2v) is 10.7. The van der Waals surface area contributed by atoms with Crippen LogP contribution in [0.25, 0.3) is 0 Å². The molecule has 1 nitrogen and oxygen atoms in total. The van der Waals surface area contributed by atoms with E-state index in [1.165, 1.54) is 42.5 Å². The number of benzene rings is 1. The van der Waals surface area contributed by atoms with E-state index in [1.54, 1.807) is 0 Å². The lowest BCUT2D eigenvalue weighted by molar-refractivity contribution is -0.468. The van der Waals surface area contributed by atoms with Crippen LogP contribution in [-0.2, 0) is 0 Å². The van der Waals surface area contributed by atoms with Gasteiger partial charge in [-0.15, -0.1) is 0 Å². The molecule has 28 heavy (non-hydrogen) atoms. The summed E-state index contributed by atoms with van der Waals surface area (Å²) in [5, 5.41) is 0. The zero-order chi connectivity index (χ0) is 19.9. The smallest absolute Gasteiger partial charge is 0.212 e. The van der Waals surface area contributed by atoms with Crippen LogP contribution in [0.15, 0.2) is 18.2 Å². The topological polar surface area (TPSA) is 3.01 Å². The van der Waals surface area contributed by atoms with Crippen molar-refractivity contribution < 1.29 is 17.0 Å². The van der Waals surface area contributed by atoms with Gasteiger partial charge in [0.15, 0.2) is 12.3 Å². The van der Waals surface area contributed by atoms with E-state index >= 15 is 0 Å². The second kappa shape index (κ2) is 8.90. The van der Waals surface area contributed by atoms with Gasteiger partial charge in [-0.1, -0.05) is 73.1 Å². The Balaban J connectivity index is 0.00000280. The Kier molecular flexibility index (Phi) is 7.46. The molecule has 0 saturated heterocycles. The van der Waals surface area contributed by atoms with E-state index in [0.29, 0.717) is 23.3 Å². The minimum absolute atomic E-state index is 0. The van der Waals surface area contributed by atoms with Gasteiger partial charge in [-0.25, -0.2) is 0 Å². The summed E-state index contributed by atoms with van der Waals surface area (Å²) in [6, 6.07) is 7.58. The summed E-state index contributed by atoms with van der Waals surface area (Å²) in [6.45, 7) is 19.2. The molecule has 3 rings (SSSR count). The van der Waals surface area contributed by atoms with Crippen LogP contribution in [0.1, 0.15) is 104 Å². The summed E-state index contributed by atoms with van der Waals surface area (Å²) in [6.07, 6.45) is 8.22. The van der Waals surface area contributed by atoms with Crippen molar-refractivity contribution in [3.8, 4) is 0 Å². The first-order chi connectivity index (χ1) is 12.7. The number of hydrogen-bond donors (Lipinski definition) is 0. The molecule has 2 aliphatic rings. The number of halogens is 1. The third-order valence-electron chi connectivity index (χ3n) is 7.39. The maximum absolute atomic E-state index is 2.71. The molecule has 1 unspecified atom stereocenters. The van der Waals surface area contributed by atoms with E-state index in [9.17, 15) is 0 Å². The lowest BCUT2D eigenvalue weighted by Gasteiger charge is -2.42. The molecule has 1 aliphatic heterocycles. The first-order valence-corrected chi connectivity index (χ1v) is 11.4. The third kappa shape index (κ3) is 4.20. The van der Waals surface area contributed by atoms with E-state index < -0.39 is 0 Å². The SMILES string of the molecule is CC(C)c1cccc(C(C)C)c1[N+]1=CC2(C[C@H](C)CC[C@H]2C(C)C)C[C@@H]1C.[Cl-]. The first kappa shape index (κ1) is 23.5. The lowest BCUT2D eigenvalue weighted by Crippen LogP contribution is -3.00. The minimum atomic E-state index is 0. The fourth-order valence-corrected chi connectivity index (χ4v) is 6.23. The van der Waals surface area contributed by atoms with E-state index in [-0.39, 0.29) is 12.4 Å². The largest absolute Gasteiger partial charge is 1.00 e. The molecule has 158 valence electrons. The predicted octanol–water partition coefficient (Wildman–Crippen LogP) is 4.52. The predicted molar refractivity (Wildman–Crippen MR) is 118 cm³/mol. The molecule has 0 N–H and O–H groups in total. The quantitative estimate of drug-likeness (QED) is 0.650. The van der Waals surface area contributed by atoms with E-state index in [0.717, 1.165) is 17.8 Å². The molecule has 0 bridgehead atoms.